The van der Waals surface area contributed by atoms with Crippen molar-refractivity contribution in [2.24, 2.45) is 0 Å². The Kier molecular flexibility index (Phi) is 4.76. The van der Waals surface area contributed by atoms with Crippen LogP contribution in [0.5, 0.6) is 5.75 Å². The van der Waals surface area contributed by atoms with Gasteiger partial charge in [0.25, 0.3) is 0 Å². The molecule has 5 nitrogen and oxygen atoms in total. The van der Waals surface area contributed by atoms with E-state index < -0.39 is 0 Å². The lowest BCUT2D eigenvalue weighted by atomic mass is 10.3. The number of anilines is 3. The zero-order chi connectivity index (χ0) is 14.4. The highest BCUT2D eigenvalue weighted by molar-refractivity contribution is 5.65. The highest BCUT2D eigenvalue weighted by Crippen LogP contribution is 2.26. The van der Waals surface area contributed by atoms with Gasteiger partial charge in [-0.2, -0.15) is 0 Å². The molecule has 2 N–H and O–H groups in total. The van der Waals surface area contributed by atoms with E-state index in [1.807, 2.05) is 44.2 Å². The van der Waals surface area contributed by atoms with Crippen molar-refractivity contribution < 1.29 is 4.74 Å². The van der Waals surface area contributed by atoms with E-state index in [1.165, 1.54) is 0 Å². The normalized spacial score (nSPS) is 10.2. The minimum absolute atomic E-state index is 0.761. The van der Waals surface area contributed by atoms with Gasteiger partial charge < -0.3 is 15.4 Å². The number of hydrogen-bond donors (Lipinski definition) is 2. The first-order chi connectivity index (χ1) is 9.76. The number of aromatic nitrogens is 2. The fourth-order valence-corrected chi connectivity index (χ4v) is 1.88. The van der Waals surface area contributed by atoms with E-state index in [2.05, 4.69) is 20.6 Å². The molecule has 2 aromatic rings. The molecule has 1 aromatic carbocycles. The number of nitrogens with one attached hydrogen (secondary N) is 2. The molecule has 106 valence electrons. The van der Waals surface area contributed by atoms with Crippen molar-refractivity contribution in [1.82, 2.24) is 9.97 Å². The predicted molar refractivity (Wildman–Crippen MR) is 81.9 cm³/mol. The second kappa shape index (κ2) is 6.75. The van der Waals surface area contributed by atoms with Gasteiger partial charge in [0.05, 0.1) is 12.8 Å². The van der Waals surface area contributed by atoms with E-state index >= 15 is 0 Å². The summed E-state index contributed by atoms with van der Waals surface area (Å²) in [7, 11) is 1.65. The molecule has 5 heteroatoms. The number of ether oxygens (including phenoxy) is 1. The molecule has 0 spiro atoms. The number of hydrogen-bond acceptors (Lipinski definition) is 5. The Bertz CT molecular complexity index is 572. The van der Waals surface area contributed by atoms with Crippen LogP contribution in [0.3, 0.4) is 0 Å². The summed E-state index contributed by atoms with van der Waals surface area (Å²) in [6, 6.07) is 9.66. The molecule has 0 unspecified atom stereocenters. The number of benzene rings is 1. The van der Waals surface area contributed by atoms with Gasteiger partial charge in [0.2, 0.25) is 0 Å². The Balaban J connectivity index is 2.30. The van der Waals surface area contributed by atoms with Crippen molar-refractivity contribution in [3.63, 3.8) is 0 Å². The molecule has 1 aromatic heterocycles. The quantitative estimate of drug-likeness (QED) is 0.845. The van der Waals surface area contributed by atoms with E-state index in [4.69, 9.17) is 4.74 Å². The standard InChI is InChI=1S/C15H20N4O/c1-4-13-18-14(16-5-2)10-15(19-13)17-11-8-6-7-9-12(11)20-3/h6-10H,4-5H2,1-3H3,(H2,16,17,18,19). The zero-order valence-electron chi connectivity index (χ0n) is 12.1. The van der Waals surface area contributed by atoms with E-state index in [0.29, 0.717) is 0 Å². The van der Waals surface area contributed by atoms with Crippen molar-refractivity contribution in [2.45, 2.75) is 20.3 Å². The molecule has 0 saturated carbocycles. The smallest absolute Gasteiger partial charge is 0.142 e. The maximum Gasteiger partial charge on any atom is 0.142 e. The van der Waals surface area contributed by atoms with Gasteiger partial charge in [0, 0.05) is 19.0 Å². The van der Waals surface area contributed by atoms with Crippen LogP contribution in [-0.2, 0) is 6.42 Å². The molecule has 0 radical (unpaired) electrons. The van der Waals surface area contributed by atoms with Crippen molar-refractivity contribution in [1.29, 1.82) is 0 Å². The van der Waals surface area contributed by atoms with Crippen LogP contribution in [0.1, 0.15) is 19.7 Å². The fourth-order valence-electron chi connectivity index (χ4n) is 1.88. The third kappa shape index (κ3) is 3.38. The molecular weight excluding hydrogens is 252 g/mol. The van der Waals surface area contributed by atoms with E-state index in [1.54, 1.807) is 7.11 Å². The minimum Gasteiger partial charge on any atom is -0.495 e. The number of methoxy groups -OCH3 is 1. The highest BCUT2D eigenvalue weighted by atomic mass is 16.5. The van der Waals surface area contributed by atoms with Crippen LogP contribution in [0.2, 0.25) is 0 Å². The average molecular weight is 272 g/mol. The van der Waals surface area contributed by atoms with Gasteiger partial charge in [-0.25, -0.2) is 9.97 Å². The second-order valence-electron chi connectivity index (χ2n) is 4.26. The first kappa shape index (κ1) is 14.1. The summed E-state index contributed by atoms with van der Waals surface area (Å²) >= 11 is 0. The van der Waals surface area contributed by atoms with Gasteiger partial charge in [0.15, 0.2) is 0 Å². The Labute approximate surface area is 119 Å². The average Bonchev–Trinajstić information content (AvgIpc) is 2.48. The van der Waals surface area contributed by atoms with Crippen LogP contribution in [-0.4, -0.2) is 23.6 Å². The van der Waals surface area contributed by atoms with Gasteiger partial charge in [-0.05, 0) is 19.1 Å². The molecular formula is C15H20N4O. The Morgan fingerprint density at radius 2 is 1.85 bits per heavy atom. The summed E-state index contributed by atoms with van der Waals surface area (Å²) in [5.41, 5.74) is 0.887. The van der Waals surface area contributed by atoms with Gasteiger partial charge in [0.1, 0.15) is 23.2 Å². The van der Waals surface area contributed by atoms with Crippen molar-refractivity contribution in [3.8, 4) is 5.75 Å². The SMILES string of the molecule is CCNc1cc(Nc2ccccc2OC)nc(CC)n1. The highest BCUT2D eigenvalue weighted by Gasteiger charge is 2.06. The van der Waals surface area contributed by atoms with Gasteiger partial charge >= 0.3 is 0 Å². The molecule has 0 saturated heterocycles. The third-order valence-corrected chi connectivity index (χ3v) is 2.82. The lowest BCUT2D eigenvalue weighted by Crippen LogP contribution is -2.06. The lowest BCUT2D eigenvalue weighted by molar-refractivity contribution is 0.417. The van der Waals surface area contributed by atoms with E-state index in [9.17, 15) is 0 Å². The summed E-state index contributed by atoms with van der Waals surface area (Å²) in [6.45, 7) is 4.91. The first-order valence-electron chi connectivity index (χ1n) is 6.78. The lowest BCUT2D eigenvalue weighted by Gasteiger charge is -2.12. The van der Waals surface area contributed by atoms with Crippen LogP contribution >= 0.6 is 0 Å². The topological polar surface area (TPSA) is 59.1 Å². The number of rotatable bonds is 6. The summed E-state index contributed by atoms with van der Waals surface area (Å²) in [5, 5.41) is 6.50. The zero-order valence-corrected chi connectivity index (χ0v) is 12.1. The molecule has 20 heavy (non-hydrogen) atoms. The van der Waals surface area contributed by atoms with Crippen LogP contribution in [0, 0.1) is 0 Å². The van der Waals surface area contributed by atoms with Gasteiger partial charge in [-0.1, -0.05) is 19.1 Å². The summed E-state index contributed by atoms with van der Waals surface area (Å²) < 4.78 is 5.33. The first-order valence-corrected chi connectivity index (χ1v) is 6.78. The maximum absolute atomic E-state index is 5.33. The molecule has 2 rings (SSSR count). The van der Waals surface area contributed by atoms with Gasteiger partial charge in [-0.3, -0.25) is 0 Å². The summed E-state index contributed by atoms with van der Waals surface area (Å²) in [4.78, 5) is 8.92. The Morgan fingerprint density at radius 3 is 2.55 bits per heavy atom. The van der Waals surface area contributed by atoms with Crippen LogP contribution in [0.4, 0.5) is 17.3 Å². The second-order valence-corrected chi connectivity index (χ2v) is 4.26. The maximum atomic E-state index is 5.33. The Morgan fingerprint density at radius 1 is 1.10 bits per heavy atom. The van der Waals surface area contributed by atoms with E-state index in [0.717, 1.165) is 41.9 Å². The van der Waals surface area contributed by atoms with Crippen molar-refractivity contribution in [3.05, 3.63) is 36.2 Å². The number of para-hydroxylation sites is 2. The molecule has 0 amide bonds. The molecule has 0 bridgehead atoms. The molecule has 0 aliphatic heterocycles. The van der Waals surface area contributed by atoms with Crippen LogP contribution < -0.4 is 15.4 Å². The fraction of sp³-hybridized carbons (Fsp3) is 0.333. The molecule has 0 fully saturated rings. The van der Waals surface area contributed by atoms with E-state index in [-0.39, 0.29) is 0 Å². The monoisotopic (exact) mass is 272 g/mol. The third-order valence-electron chi connectivity index (χ3n) is 2.82. The minimum atomic E-state index is 0.761. The molecule has 0 aliphatic carbocycles. The predicted octanol–water partition coefficient (Wildman–Crippen LogP) is 3.22. The van der Waals surface area contributed by atoms with Crippen molar-refractivity contribution >= 4 is 17.3 Å². The van der Waals surface area contributed by atoms with Gasteiger partial charge in [-0.15, -0.1) is 0 Å². The van der Waals surface area contributed by atoms with Crippen molar-refractivity contribution in [2.75, 3.05) is 24.3 Å². The number of aryl methyl sites for hydroxylation is 1. The van der Waals surface area contributed by atoms with Crippen LogP contribution in [0.15, 0.2) is 30.3 Å². The Hall–Kier alpha value is -2.30. The summed E-state index contributed by atoms with van der Waals surface area (Å²) in [6.07, 6.45) is 0.792. The van der Waals surface area contributed by atoms with Crippen LogP contribution in [0.25, 0.3) is 0 Å². The molecule has 0 atom stereocenters. The summed E-state index contributed by atoms with van der Waals surface area (Å²) in [5.74, 6) is 3.18. The number of nitrogens with zero attached hydrogens (tertiary/aromatic N) is 2. The largest absolute Gasteiger partial charge is 0.495 e. The molecule has 1 heterocycles. The molecule has 0 aliphatic rings.